The van der Waals surface area contributed by atoms with Crippen molar-refractivity contribution in [3.63, 3.8) is 0 Å². The Bertz CT molecular complexity index is 1230. The molecule has 2 heterocycles. The molecule has 0 saturated heterocycles. The molecule has 1 aromatic heterocycles. The van der Waals surface area contributed by atoms with Crippen LogP contribution in [0.1, 0.15) is 79.4 Å². The molecule has 1 aliphatic carbocycles. The molecule has 3 amide bonds. The van der Waals surface area contributed by atoms with Gasteiger partial charge in [-0.25, -0.2) is 4.79 Å². The van der Waals surface area contributed by atoms with Crippen LogP contribution in [0.25, 0.3) is 11.1 Å². The van der Waals surface area contributed by atoms with Crippen molar-refractivity contribution >= 4 is 46.4 Å². The molecule has 0 radical (unpaired) electrons. The average Bonchev–Trinajstić information content (AvgIpc) is 3.37. The number of hydrogen-bond acceptors (Lipinski definition) is 7. The summed E-state index contributed by atoms with van der Waals surface area (Å²) in [5.41, 5.74) is 8.14. The molecule has 210 valence electrons. The molecule has 10 heteroatoms. The molecule has 2 atom stereocenters. The summed E-state index contributed by atoms with van der Waals surface area (Å²) in [7, 11) is 1.28. The van der Waals surface area contributed by atoms with Crippen LogP contribution in [0, 0.1) is 17.8 Å². The van der Waals surface area contributed by atoms with E-state index in [9.17, 15) is 19.2 Å². The van der Waals surface area contributed by atoms with E-state index >= 15 is 0 Å². The molecule has 0 unspecified atom stereocenters. The van der Waals surface area contributed by atoms with Gasteiger partial charge in [-0.1, -0.05) is 19.4 Å². The van der Waals surface area contributed by atoms with Crippen molar-refractivity contribution in [3.05, 3.63) is 34.0 Å². The minimum atomic E-state index is -0.625. The monoisotopic (exact) mass is 554 g/mol. The first-order chi connectivity index (χ1) is 18.7. The number of anilines is 2. The molecule has 1 aromatic carbocycles. The lowest BCUT2D eigenvalue weighted by Crippen LogP contribution is -2.36. The molecule has 1 aliphatic heterocycles. The number of benzene rings is 1. The highest BCUT2D eigenvalue weighted by Crippen LogP contribution is 2.41. The van der Waals surface area contributed by atoms with Gasteiger partial charge in [-0.3, -0.25) is 19.7 Å². The second-order valence-electron chi connectivity index (χ2n) is 10.7. The summed E-state index contributed by atoms with van der Waals surface area (Å²) in [5, 5.41) is 8.92. The molecule has 1 saturated carbocycles. The van der Waals surface area contributed by atoms with Crippen LogP contribution in [-0.4, -0.2) is 37.3 Å². The van der Waals surface area contributed by atoms with E-state index in [0.717, 1.165) is 37.0 Å². The first-order valence-electron chi connectivity index (χ1n) is 13.7. The van der Waals surface area contributed by atoms with Gasteiger partial charge >= 0.3 is 6.09 Å². The van der Waals surface area contributed by atoms with Crippen molar-refractivity contribution in [1.82, 2.24) is 5.32 Å². The number of nitrogens with one attached hydrogen (secondary N) is 3. The van der Waals surface area contributed by atoms with E-state index in [-0.39, 0.29) is 35.5 Å². The molecular formula is C29H38N4O5S. The molecule has 39 heavy (non-hydrogen) atoms. The van der Waals surface area contributed by atoms with Gasteiger partial charge in [0.25, 0.3) is 0 Å². The second-order valence-corrected chi connectivity index (χ2v) is 11.7. The number of methoxy groups -OCH3 is 1. The fourth-order valence-electron chi connectivity index (χ4n) is 5.42. The molecule has 0 spiro atoms. The third-order valence-corrected chi connectivity index (χ3v) is 9.21. The predicted octanol–water partition coefficient (Wildman–Crippen LogP) is 5.48. The van der Waals surface area contributed by atoms with Crippen LogP contribution in [-0.2, 0) is 14.3 Å². The van der Waals surface area contributed by atoms with E-state index in [1.165, 1.54) is 25.4 Å². The van der Waals surface area contributed by atoms with Crippen molar-refractivity contribution in [2.45, 2.75) is 64.8 Å². The smallest absolute Gasteiger partial charge is 0.411 e. The summed E-state index contributed by atoms with van der Waals surface area (Å²) in [6.45, 7) is 4.06. The number of fused-ring (bicyclic) bond motifs is 4. The first kappa shape index (κ1) is 28.8. The minimum absolute atomic E-state index is 0.0351. The quantitative estimate of drug-likeness (QED) is 0.361. The highest BCUT2D eigenvalue weighted by atomic mass is 32.1. The molecule has 5 N–H and O–H groups in total. The summed E-state index contributed by atoms with van der Waals surface area (Å²) in [6, 6.07) is 6.86. The Hall–Kier alpha value is -3.24. The van der Waals surface area contributed by atoms with Gasteiger partial charge in [-0.2, -0.15) is 0 Å². The number of rotatable bonds is 5. The first-order valence-corrected chi connectivity index (χ1v) is 14.5. The third kappa shape index (κ3) is 6.86. The predicted molar refractivity (Wildman–Crippen MR) is 153 cm³/mol. The molecule has 1 fully saturated rings. The van der Waals surface area contributed by atoms with E-state index in [4.69, 9.17) is 10.5 Å². The van der Waals surface area contributed by atoms with Gasteiger partial charge < -0.3 is 21.1 Å². The number of thiophene rings is 1. The van der Waals surface area contributed by atoms with Gasteiger partial charge in [-0.05, 0) is 76.1 Å². The van der Waals surface area contributed by atoms with Gasteiger partial charge in [-0.15, -0.1) is 11.3 Å². The number of carbonyl (C=O) groups is 4. The maximum absolute atomic E-state index is 13.3. The fraction of sp³-hybridized carbons (Fsp3) is 0.517. The third-order valence-electron chi connectivity index (χ3n) is 7.86. The fourth-order valence-corrected chi connectivity index (χ4v) is 6.58. The van der Waals surface area contributed by atoms with E-state index in [2.05, 4.69) is 16.0 Å². The minimum Gasteiger partial charge on any atom is -0.453 e. The van der Waals surface area contributed by atoms with Gasteiger partial charge in [0.1, 0.15) is 0 Å². The van der Waals surface area contributed by atoms with Crippen molar-refractivity contribution in [3.8, 4) is 11.1 Å². The molecule has 2 aromatic rings. The van der Waals surface area contributed by atoms with Crippen molar-refractivity contribution in [1.29, 1.82) is 0 Å². The van der Waals surface area contributed by atoms with Crippen molar-refractivity contribution < 1.29 is 23.9 Å². The van der Waals surface area contributed by atoms with Crippen LogP contribution in [0.15, 0.2) is 24.3 Å². The Morgan fingerprint density at radius 1 is 1.08 bits per heavy atom. The maximum Gasteiger partial charge on any atom is 0.411 e. The van der Waals surface area contributed by atoms with E-state index in [1.54, 1.807) is 18.2 Å². The number of amides is 3. The summed E-state index contributed by atoms with van der Waals surface area (Å²) in [4.78, 5) is 52.5. The van der Waals surface area contributed by atoms with Crippen LogP contribution in [0.2, 0.25) is 0 Å². The molecule has 2 bridgehead atoms. The Labute approximate surface area is 233 Å². The zero-order chi connectivity index (χ0) is 28.1. The largest absolute Gasteiger partial charge is 0.453 e. The zero-order valence-electron chi connectivity index (χ0n) is 22.8. The number of carbonyl (C=O) groups excluding carboxylic acids is 4. The number of ether oxygens (including phenoxy) is 1. The van der Waals surface area contributed by atoms with E-state index in [0.29, 0.717) is 52.7 Å². The molecule has 4 rings (SSSR count). The summed E-state index contributed by atoms with van der Waals surface area (Å²) < 4.78 is 4.70. The van der Waals surface area contributed by atoms with Crippen LogP contribution >= 0.6 is 11.3 Å². The van der Waals surface area contributed by atoms with Crippen LogP contribution in [0.3, 0.4) is 0 Å². The zero-order valence-corrected chi connectivity index (χ0v) is 23.6. The van der Waals surface area contributed by atoms with Gasteiger partial charge in [0, 0.05) is 33.5 Å². The van der Waals surface area contributed by atoms with Gasteiger partial charge in [0.15, 0.2) is 5.78 Å². The normalized spacial score (nSPS) is 23.3. The number of hydrogen-bond donors (Lipinski definition) is 4. The van der Waals surface area contributed by atoms with E-state index < -0.39 is 6.09 Å². The number of nitrogens with two attached hydrogens (primary N) is 1. The highest BCUT2D eigenvalue weighted by molar-refractivity contribution is 7.14. The second kappa shape index (κ2) is 12.7. The van der Waals surface area contributed by atoms with E-state index in [1.807, 2.05) is 13.0 Å². The average molecular weight is 555 g/mol. The Kier molecular flexibility index (Phi) is 9.40. The number of Topliss-reactive ketones (excluding diaryl/α,β-unsaturated/α-hetero) is 1. The Balaban J connectivity index is 1.71. The van der Waals surface area contributed by atoms with Crippen LogP contribution < -0.4 is 21.7 Å². The number of ketones is 1. The lowest BCUT2D eigenvalue weighted by molar-refractivity contribution is -0.127. The summed E-state index contributed by atoms with van der Waals surface area (Å²) in [6.07, 6.45) is 5.03. The Morgan fingerprint density at radius 3 is 2.49 bits per heavy atom. The van der Waals surface area contributed by atoms with Gasteiger partial charge in [0.05, 0.1) is 23.7 Å². The van der Waals surface area contributed by atoms with Crippen molar-refractivity contribution in [2.75, 3.05) is 24.3 Å². The SMILES string of the molecule is COC(=O)Nc1ccc2c(c1)NC(=O)[C@H](C)CCC[C@H](NC(=O)C1CCC(CN)CC1)c1cc-2c(C(C)=O)s1. The van der Waals surface area contributed by atoms with Crippen LogP contribution in [0.4, 0.5) is 16.2 Å². The lowest BCUT2D eigenvalue weighted by Gasteiger charge is -2.28. The lowest BCUT2D eigenvalue weighted by atomic mass is 9.81. The summed E-state index contributed by atoms with van der Waals surface area (Å²) >= 11 is 1.39. The molecular weight excluding hydrogens is 516 g/mol. The highest BCUT2D eigenvalue weighted by Gasteiger charge is 2.30. The molecule has 9 nitrogen and oxygen atoms in total. The van der Waals surface area contributed by atoms with Crippen molar-refractivity contribution in [2.24, 2.45) is 23.5 Å². The topological polar surface area (TPSA) is 140 Å². The van der Waals surface area contributed by atoms with Crippen LogP contribution in [0.5, 0.6) is 0 Å². The maximum atomic E-state index is 13.3. The molecule has 2 aliphatic rings. The Morgan fingerprint density at radius 2 is 1.82 bits per heavy atom. The summed E-state index contributed by atoms with van der Waals surface area (Å²) in [5.74, 6) is -0.00571. The van der Waals surface area contributed by atoms with Gasteiger partial charge in [0.2, 0.25) is 11.8 Å². The standard InChI is InChI=1S/C29H38N4O5S/c1-16-5-4-6-23(32-28(36)19-9-7-18(15-30)8-10-19)25-14-22(26(39-25)17(2)34)21-12-11-20(31-29(37)38-3)13-24(21)33-27(16)35/h11-14,16,18-19,23H,4-10,15,30H2,1-3H3,(H,31,37)(H,32,36)(H,33,35)/t16-,18?,19?,23+/m1/s1.